The number of fused-ring (bicyclic) bond motifs is 1. The molecule has 0 aliphatic carbocycles. The van der Waals surface area contributed by atoms with Gasteiger partial charge in [-0.2, -0.15) is 0 Å². The van der Waals surface area contributed by atoms with Crippen molar-refractivity contribution in [1.29, 1.82) is 0 Å². The minimum absolute atomic E-state index is 0.0960. The summed E-state index contributed by atoms with van der Waals surface area (Å²) < 4.78 is 17.8. The maximum Gasteiger partial charge on any atom is 0.306 e. The molecule has 0 radical (unpaired) electrons. The molecule has 278 valence electrons. The fourth-order valence-corrected chi connectivity index (χ4v) is 8.39. The average Bonchev–Trinajstić information content (AvgIpc) is 3.83. The number of carbonyl (C=O) groups excluding carboxylic acids is 4. The summed E-state index contributed by atoms with van der Waals surface area (Å²) in [6.45, 7) is 11.1. The first-order valence-corrected chi connectivity index (χ1v) is 18.3. The third-order valence-corrected chi connectivity index (χ3v) is 10.9. The Morgan fingerprint density at radius 1 is 1.04 bits per heavy atom. The number of aliphatic hydroxyl groups is 1. The number of aliphatic hydroxyl groups excluding tert-OH is 1. The number of rotatable bonds is 17. The van der Waals surface area contributed by atoms with Gasteiger partial charge in [-0.1, -0.05) is 72.8 Å². The number of carbonyl (C=O) groups is 4. The Hall–Kier alpha value is -4.36. The lowest BCUT2D eigenvalue weighted by molar-refractivity contribution is -0.151. The number of hydrogen-bond acceptors (Lipinski definition) is 9. The van der Waals surface area contributed by atoms with Crippen molar-refractivity contribution < 1.29 is 38.5 Å². The van der Waals surface area contributed by atoms with Crippen LogP contribution in [0.4, 0.5) is 0 Å². The van der Waals surface area contributed by atoms with Crippen LogP contribution >= 0.6 is 0 Å². The second kappa shape index (κ2) is 17.0. The fraction of sp³-hybridized carbons (Fsp3) is 0.500. The molecule has 4 saturated heterocycles. The van der Waals surface area contributed by atoms with Crippen LogP contribution in [0.5, 0.6) is 0 Å². The van der Waals surface area contributed by atoms with Crippen LogP contribution in [0.1, 0.15) is 48.9 Å². The van der Waals surface area contributed by atoms with Gasteiger partial charge in [0.1, 0.15) is 18.2 Å². The molecular weight excluding hydrogens is 664 g/mol. The number of likely N-dealkylation sites (tertiary alicyclic amines) is 1. The Morgan fingerprint density at radius 2 is 1.73 bits per heavy atom. The van der Waals surface area contributed by atoms with Crippen LogP contribution in [0.15, 0.2) is 86.0 Å². The number of morpholine rings is 1. The Bertz CT molecular complexity index is 1580. The number of hydrogen-bond donors (Lipinski definition) is 2. The van der Waals surface area contributed by atoms with E-state index in [0.29, 0.717) is 51.1 Å². The molecule has 1 spiro atoms. The van der Waals surface area contributed by atoms with E-state index in [2.05, 4.69) is 23.4 Å². The SMILES string of the molecule is C=CCCC(=O)OC[C@H](NC(=O)[C@@H]1[C@@H]2CC[C@]3(O2)[C@H](C(=O)N(CC=C)CCN2CCOCC2)N([C@H](CO)c2ccccc2)C(=O)[C@@H]13)c1ccccc1. The van der Waals surface area contributed by atoms with Crippen molar-refractivity contribution in [1.82, 2.24) is 20.0 Å². The molecule has 12 nitrogen and oxygen atoms in total. The van der Waals surface area contributed by atoms with Crippen molar-refractivity contribution in [3.8, 4) is 0 Å². The quantitative estimate of drug-likeness (QED) is 0.187. The van der Waals surface area contributed by atoms with Gasteiger partial charge in [-0.3, -0.25) is 24.1 Å². The summed E-state index contributed by atoms with van der Waals surface area (Å²) >= 11 is 0. The summed E-state index contributed by atoms with van der Waals surface area (Å²) in [6, 6.07) is 15.8. The molecule has 4 aliphatic heterocycles. The number of nitrogens with zero attached hydrogens (tertiary/aromatic N) is 3. The molecule has 12 heteroatoms. The molecule has 7 atom stereocenters. The van der Waals surface area contributed by atoms with E-state index in [4.69, 9.17) is 14.2 Å². The molecule has 4 aliphatic rings. The van der Waals surface area contributed by atoms with Gasteiger partial charge in [0.15, 0.2) is 0 Å². The Balaban J connectivity index is 1.32. The number of nitrogens with one attached hydrogen (secondary N) is 1. The summed E-state index contributed by atoms with van der Waals surface area (Å²) in [5.74, 6) is -3.38. The smallest absolute Gasteiger partial charge is 0.306 e. The van der Waals surface area contributed by atoms with Crippen molar-refractivity contribution in [3.63, 3.8) is 0 Å². The lowest BCUT2D eigenvalue weighted by Crippen LogP contribution is -2.58. The number of amides is 3. The Kier molecular flexibility index (Phi) is 12.2. The van der Waals surface area contributed by atoms with E-state index in [0.717, 1.165) is 18.7 Å². The summed E-state index contributed by atoms with van der Waals surface area (Å²) in [5, 5.41) is 13.9. The molecule has 0 saturated carbocycles. The Labute approximate surface area is 305 Å². The summed E-state index contributed by atoms with van der Waals surface area (Å²) in [4.78, 5) is 62.1. The molecule has 0 unspecified atom stereocenters. The van der Waals surface area contributed by atoms with Crippen LogP contribution < -0.4 is 5.32 Å². The van der Waals surface area contributed by atoms with Gasteiger partial charge in [-0.05, 0) is 30.4 Å². The highest BCUT2D eigenvalue weighted by molar-refractivity contribution is 5.99. The molecule has 3 amide bonds. The lowest BCUT2D eigenvalue weighted by atomic mass is 9.70. The van der Waals surface area contributed by atoms with Gasteiger partial charge >= 0.3 is 5.97 Å². The molecule has 2 aromatic carbocycles. The first-order valence-electron chi connectivity index (χ1n) is 18.3. The highest BCUT2D eigenvalue weighted by Crippen LogP contribution is 2.60. The highest BCUT2D eigenvalue weighted by atomic mass is 16.5. The van der Waals surface area contributed by atoms with E-state index in [1.165, 1.54) is 4.90 Å². The van der Waals surface area contributed by atoms with Crippen molar-refractivity contribution in [2.24, 2.45) is 11.8 Å². The zero-order valence-corrected chi connectivity index (χ0v) is 29.6. The maximum absolute atomic E-state index is 14.9. The van der Waals surface area contributed by atoms with Gasteiger partial charge in [0.25, 0.3) is 0 Å². The normalized spacial score (nSPS) is 26.3. The number of ether oxygens (including phenoxy) is 3. The van der Waals surface area contributed by atoms with Crippen LogP contribution in [0, 0.1) is 11.8 Å². The average molecular weight is 715 g/mol. The predicted octanol–water partition coefficient (Wildman–Crippen LogP) is 2.81. The molecule has 6 rings (SSSR count). The minimum atomic E-state index is -1.28. The molecule has 2 N–H and O–H groups in total. The van der Waals surface area contributed by atoms with Crippen LogP contribution in [0.2, 0.25) is 0 Å². The van der Waals surface area contributed by atoms with Gasteiger partial charge in [-0.25, -0.2) is 0 Å². The van der Waals surface area contributed by atoms with E-state index in [1.807, 2.05) is 60.7 Å². The summed E-state index contributed by atoms with van der Waals surface area (Å²) in [6.07, 6.45) is 4.25. The third-order valence-electron chi connectivity index (χ3n) is 10.9. The number of benzene rings is 2. The van der Waals surface area contributed by atoms with Crippen molar-refractivity contribution in [2.45, 2.75) is 55.5 Å². The van der Waals surface area contributed by atoms with Crippen molar-refractivity contribution >= 4 is 23.7 Å². The van der Waals surface area contributed by atoms with Gasteiger partial charge in [-0.15, -0.1) is 13.2 Å². The predicted molar refractivity (Wildman–Crippen MR) is 192 cm³/mol. The topological polar surface area (TPSA) is 138 Å². The molecule has 4 heterocycles. The van der Waals surface area contributed by atoms with Crippen molar-refractivity contribution in [2.75, 3.05) is 59.2 Å². The monoisotopic (exact) mass is 714 g/mol. The zero-order valence-electron chi connectivity index (χ0n) is 29.6. The second-order valence-corrected chi connectivity index (χ2v) is 13.9. The highest BCUT2D eigenvalue weighted by Gasteiger charge is 2.75. The summed E-state index contributed by atoms with van der Waals surface area (Å²) in [5.41, 5.74) is 0.137. The van der Waals surface area contributed by atoms with Crippen LogP contribution in [0.3, 0.4) is 0 Å². The van der Waals surface area contributed by atoms with Crippen LogP contribution in [-0.4, -0.2) is 120 Å². The van der Waals surface area contributed by atoms with Gasteiger partial charge in [0.05, 0.1) is 49.8 Å². The van der Waals surface area contributed by atoms with Crippen LogP contribution in [-0.2, 0) is 33.4 Å². The molecule has 52 heavy (non-hydrogen) atoms. The lowest BCUT2D eigenvalue weighted by Gasteiger charge is -2.40. The first-order chi connectivity index (χ1) is 25.3. The van der Waals surface area contributed by atoms with Gasteiger partial charge in [0.2, 0.25) is 17.7 Å². The van der Waals surface area contributed by atoms with Gasteiger partial charge < -0.3 is 34.4 Å². The largest absolute Gasteiger partial charge is 0.463 e. The first kappa shape index (κ1) is 37.4. The minimum Gasteiger partial charge on any atom is -0.463 e. The summed E-state index contributed by atoms with van der Waals surface area (Å²) in [7, 11) is 0. The van der Waals surface area contributed by atoms with E-state index >= 15 is 0 Å². The number of esters is 1. The molecular formula is C40H50N4O8. The standard InChI is InChI=1S/C40H50N4O8/c1-3-5-16-33(46)51-27-30(28-12-8-6-9-13-28)41-37(47)34-32-17-18-40(52-32)35(34)38(48)44(31(26-45)29-14-10-7-11-15-29)36(40)39(49)43(19-4-2)21-20-42-22-24-50-25-23-42/h3-4,6-15,30-32,34-36,45H,1-2,5,16-27H2,(H,41,47)/t30-,31+,32-,34+,35+,36-,40+/m0/s1. The molecule has 2 bridgehead atoms. The van der Waals surface area contributed by atoms with E-state index in [9.17, 15) is 24.3 Å². The fourth-order valence-electron chi connectivity index (χ4n) is 8.39. The van der Waals surface area contributed by atoms with E-state index < -0.39 is 66.1 Å². The van der Waals surface area contributed by atoms with E-state index in [1.54, 1.807) is 17.1 Å². The Morgan fingerprint density at radius 3 is 2.38 bits per heavy atom. The van der Waals surface area contributed by atoms with E-state index in [-0.39, 0.29) is 25.5 Å². The molecule has 4 fully saturated rings. The molecule has 0 aromatic heterocycles. The zero-order chi connectivity index (χ0) is 36.7. The third kappa shape index (κ3) is 7.57. The molecule has 2 aromatic rings. The second-order valence-electron chi connectivity index (χ2n) is 13.9. The maximum atomic E-state index is 14.9. The van der Waals surface area contributed by atoms with Gasteiger partial charge in [0, 0.05) is 39.1 Å². The number of allylic oxidation sites excluding steroid dienone is 1. The van der Waals surface area contributed by atoms with Crippen molar-refractivity contribution in [3.05, 3.63) is 97.1 Å². The van der Waals surface area contributed by atoms with Crippen LogP contribution in [0.25, 0.3) is 0 Å².